The van der Waals surface area contributed by atoms with Gasteiger partial charge in [0.05, 0.1) is 22.9 Å². The molecule has 6 nitrogen and oxygen atoms in total. The molecule has 0 unspecified atom stereocenters. The first-order chi connectivity index (χ1) is 23.8. The van der Waals surface area contributed by atoms with E-state index in [2.05, 4.69) is 127 Å². The molecule has 0 fully saturated rings. The summed E-state index contributed by atoms with van der Waals surface area (Å²) in [4.78, 5) is 15.0. The van der Waals surface area contributed by atoms with Crippen molar-refractivity contribution in [2.45, 2.75) is 40.0 Å². The summed E-state index contributed by atoms with van der Waals surface area (Å²) in [6.07, 6.45) is 3.82. The van der Waals surface area contributed by atoms with E-state index in [1.807, 2.05) is 42.7 Å². The fourth-order valence-corrected chi connectivity index (χ4v) is 7.29. The number of fused-ring (bicyclic) bond motifs is 9. The molecule has 0 spiro atoms. The van der Waals surface area contributed by atoms with E-state index >= 15 is 0 Å². The van der Waals surface area contributed by atoms with Gasteiger partial charge >= 0.3 is 0 Å². The van der Waals surface area contributed by atoms with Crippen molar-refractivity contribution in [1.29, 1.82) is 0 Å². The average molecular weight is 638 g/mol. The second-order valence-electron chi connectivity index (χ2n) is 13.9. The Morgan fingerprint density at radius 1 is 0.592 bits per heavy atom. The first kappa shape index (κ1) is 29.2. The highest BCUT2D eigenvalue weighted by atomic mass is 16.5. The van der Waals surface area contributed by atoms with Crippen molar-refractivity contribution in [2.75, 3.05) is 0 Å². The van der Waals surface area contributed by atoms with Crippen LogP contribution in [-0.4, -0.2) is 23.9 Å². The van der Waals surface area contributed by atoms with E-state index in [0.717, 1.165) is 72.6 Å². The summed E-state index contributed by atoms with van der Waals surface area (Å²) in [7, 11) is 0. The Bertz CT molecular complexity index is 2730. The van der Waals surface area contributed by atoms with Crippen molar-refractivity contribution in [3.63, 3.8) is 0 Å². The van der Waals surface area contributed by atoms with E-state index in [-0.39, 0.29) is 5.41 Å². The topological polar surface area (TPSA) is 57.2 Å². The second-order valence-corrected chi connectivity index (χ2v) is 13.9. The van der Waals surface area contributed by atoms with Gasteiger partial charge in [-0.05, 0) is 91.0 Å². The number of ether oxygens (including phenoxy) is 1. The summed E-state index contributed by atoms with van der Waals surface area (Å²) >= 11 is 0. The van der Waals surface area contributed by atoms with Crippen molar-refractivity contribution in [1.82, 2.24) is 23.9 Å². The summed E-state index contributed by atoms with van der Waals surface area (Å²) in [6, 6.07) is 37.8. The van der Waals surface area contributed by atoms with Crippen molar-refractivity contribution in [3.05, 3.63) is 138 Å². The molecular formula is C43H35N5O. The molecule has 9 rings (SSSR count). The van der Waals surface area contributed by atoms with E-state index in [4.69, 9.17) is 14.7 Å². The lowest BCUT2D eigenvalue weighted by Crippen LogP contribution is -2.14. The van der Waals surface area contributed by atoms with Gasteiger partial charge in [-0.1, -0.05) is 63.2 Å². The fraction of sp³-hybridized carbons (Fsp3) is 0.140. The molecule has 0 saturated heterocycles. The molecule has 0 radical (unpaired) electrons. The number of benzene rings is 4. The maximum Gasteiger partial charge on any atom is 0.147 e. The van der Waals surface area contributed by atoms with Crippen LogP contribution in [-0.2, 0) is 5.41 Å². The highest BCUT2D eigenvalue weighted by Gasteiger charge is 2.22. The zero-order valence-corrected chi connectivity index (χ0v) is 28.2. The van der Waals surface area contributed by atoms with Gasteiger partial charge in [0.25, 0.3) is 0 Å². The molecule has 5 heterocycles. The molecule has 9 aromatic rings. The van der Waals surface area contributed by atoms with Crippen molar-refractivity contribution < 1.29 is 4.74 Å². The zero-order valence-electron chi connectivity index (χ0n) is 28.2. The molecule has 238 valence electrons. The summed E-state index contributed by atoms with van der Waals surface area (Å²) < 4.78 is 11.1. The maximum absolute atomic E-state index is 6.65. The van der Waals surface area contributed by atoms with Crippen LogP contribution in [0.1, 0.15) is 37.6 Å². The lowest BCUT2D eigenvalue weighted by Gasteiger charge is -2.20. The number of nitrogens with zero attached hydrogens (tertiary/aromatic N) is 5. The zero-order chi connectivity index (χ0) is 33.4. The first-order valence-electron chi connectivity index (χ1n) is 16.7. The van der Waals surface area contributed by atoms with Gasteiger partial charge in [-0.15, -0.1) is 0 Å². The molecule has 0 aliphatic rings. The maximum atomic E-state index is 6.65. The molecule has 0 amide bonds. The van der Waals surface area contributed by atoms with Gasteiger partial charge in [-0.25, -0.2) is 15.0 Å². The van der Waals surface area contributed by atoms with Gasteiger partial charge in [-0.2, -0.15) is 0 Å². The van der Waals surface area contributed by atoms with Crippen molar-refractivity contribution in [3.8, 4) is 28.6 Å². The Morgan fingerprint density at radius 3 is 2.08 bits per heavy atom. The predicted octanol–water partition coefficient (Wildman–Crippen LogP) is 10.9. The molecule has 6 heteroatoms. The van der Waals surface area contributed by atoms with Crippen LogP contribution in [0.3, 0.4) is 0 Å². The van der Waals surface area contributed by atoms with Crippen LogP contribution in [0.15, 0.2) is 122 Å². The summed E-state index contributed by atoms with van der Waals surface area (Å²) in [5.74, 6) is 2.36. The standard InChI is InChI=1S/C43H35N5O/c1-26-11-10-12-27(2)40(26)37-25-45-41-34-23-28(16-18-30(34)33-20-21-38(43(3,4)5)46-42(33)48(37)41)49-29-17-19-32-31-13-6-7-14-35(31)47(36(32)24-29)39-15-8-9-22-44-39/h6-25H,1-5H3. The summed E-state index contributed by atoms with van der Waals surface area (Å²) in [5.41, 5.74) is 9.49. The minimum absolute atomic E-state index is 0.101. The number of aromatic nitrogens is 5. The fourth-order valence-electron chi connectivity index (χ4n) is 7.29. The monoisotopic (exact) mass is 637 g/mol. The smallest absolute Gasteiger partial charge is 0.147 e. The number of hydrogen-bond donors (Lipinski definition) is 0. The van der Waals surface area contributed by atoms with E-state index in [1.54, 1.807) is 0 Å². The third kappa shape index (κ3) is 4.59. The Hall–Kier alpha value is -6.01. The van der Waals surface area contributed by atoms with Gasteiger partial charge < -0.3 is 4.74 Å². The number of aryl methyl sites for hydroxylation is 2. The van der Waals surface area contributed by atoms with Crippen molar-refractivity contribution in [2.24, 2.45) is 0 Å². The average Bonchev–Trinajstić information content (AvgIpc) is 3.68. The van der Waals surface area contributed by atoms with Crippen LogP contribution < -0.4 is 4.74 Å². The molecule has 0 bridgehead atoms. The predicted molar refractivity (Wildman–Crippen MR) is 200 cm³/mol. The van der Waals surface area contributed by atoms with Crippen LogP contribution in [0.25, 0.3) is 66.3 Å². The second kappa shape index (κ2) is 10.8. The molecular weight excluding hydrogens is 603 g/mol. The van der Waals surface area contributed by atoms with Gasteiger partial charge in [-0.3, -0.25) is 8.97 Å². The van der Waals surface area contributed by atoms with Crippen LogP contribution in [0, 0.1) is 13.8 Å². The number of rotatable bonds is 4. The Kier molecular flexibility index (Phi) is 6.40. The normalized spacial score (nSPS) is 12.2. The molecule has 4 aromatic carbocycles. The molecule has 5 aromatic heterocycles. The lowest BCUT2D eigenvalue weighted by molar-refractivity contribution is 0.484. The van der Waals surface area contributed by atoms with Crippen LogP contribution >= 0.6 is 0 Å². The number of para-hydroxylation sites is 1. The van der Waals surface area contributed by atoms with Crippen molar-refractivity contribution >= 4 is 49.3 Å². The van der Waals surface area contributed by atoms with Gasteiger partial charge in [0, 0.05) is 50.5 Å². The quantitative estimate of drug-likeness (QED) is 0.180. The third-order valence-electron chi connectivity index (χ3n) is 9.64. The van der Waals surface area contributed by atoms with Crippen LogP contribution in [0.2, 0.25) is 0 Å². The summed E-state index contributed by atoms with van der Waals surface area (Å²) in [5, 5.41) is 5.51. The Balaban J connectivity index is 1.24. The molecule has 0 aliphatic heterocycles. The first-order valence-corrected chi connectivity index (χ1v) is 16.7. The van der Waals surface area contributed by atoms with Crippen LogP contribution in [0.4, 0.5) is 0 Å². The number of pyridine rings is 3. The van der Waals surface area contributed by atoms with E-state index in [1.165, 1.54) is 22.1 Å². The number of imidazole rings is 1. The number of hydrogen-bond acceptors (Lipinski definition) is 4. The third-order valence-corrected chi connectivity index (χ3v) is 9.64. The highest BCUT2D eigenvalue weighted by molar-refractivity contribution is 6.12. The van der Waals surface area contributed by atoms with E-state index in [0.29, 0.717) is 0 Å². The lowest BCUT2D eigenvalue weighted by atomic mass is 9.91. The van der Waals surface area contributed by atoms with E-state index in [9.17, 15) is 0 Å². The SMILES string of the molecule is Cc1cccc(C)c1-c1cnc2c3cc(Oc4ccc5c6ccccc6n(-c6ccccn6)c5c4)ccc3c3ccc(C(C)(C)C)nc3n12. The molecule has 0 atom stereocenters. The van der Waals surface area contributed by atoms with E-state index < -0.39 is 0 Å². The largest absolute Gasteiger partial charge is 0.457 e. The van der Waals surface area contributed by atoms with Gasteiger partial charge in [0.1, 0.15) is 28.6 Å². The molecule has 0 N–H and O–H groups in total. The van der Waals surface area contributed by atoms with Crippen LogP contribution in [0.5, 0.6) is 11.5 Å². The Labute approximate surface area is 284 Å². The minimum atomic E-state index is -0.101. The van der Waals surface area contributed by atoms with Gasteiger partial charge in [0.2, 0.25) is 0 Å². The molecule has 0 aliphatic carbocycles. The Morgan fingerprint density at radius 2 is 1.31 bits per heavy atom. The van der Waals surface area contributed by atoms with Gasteiger partial charge in [0.15, 0.2) is 0 Å². The molecule has 49 heavy (non-hydrogen) atoms. The molecule has 0 saturated carbocycles. The highest BCUT2D eigenvalue weighted by Crippen LogP contribution is 2.39. The minimum Gasteiger partial charge on any atom is -0.457 e. The summed E-state index contributed by atoms with van der Waals surface area (Å²) in [6.45, 7) is 10.9.